The highest BCUT2D eigenvalue weighted by molar-refractivity contribution is 5.41. The van der Waals surface area contributed by atoms with Crippen molar-refractivity contribution < 1.29 is 27.4 Å². The van der Waals surface area contributed by atoms with Crippen molar-refractivity contribution in [3.05, 3.63) is 53.3 Å². The van der Waals surface area contributed by atoms with Crippen molar-refractivity contribution in [1.82, 2.24) is 0 Å². The van der Waals surface area contributed by atoms with Gasteiger partial charge in [-0.25, -0.2) is 13.2 Å². The zero-order chi connectivity index (χ0) is 16.4. The first-order valence-corrected chi connectivity index (χ1v) is 7.18. The van der Waals surface area contributed by atoms with Crippen molar-refractivity contribution in [2.45, 2.75) is 25.6 Å². The number of ether oxygens (including phenoxy) is 3. The fourth-order valence-corrected chi connectivity index (χ4v) is 2.10. The van der Waals surface area contributed by atoms with E-state index in [2.05, 4.69) is 0 Å². The van der Waals surface area contributed by atoms with Crippen molar-refractivity contribution in [2.24, 2.45) is 0 Å². The molecule has 1 fully saturated rings. The summed E-state index contributed by atoms with van der Waals surface area (Å²) in [6.07, 6.45) is 1.83. The van der Waals surface area contributed by atoms with Gasteiger partial charge in [-0.1, -0.05) is 0 Å². The molecule has 0 spiro atoms. The molecule has 2 aromatic carbocycles. The summed E-state index contributed by atoms with van der Waals surface area (Å²) >= 11 is 0. The lowest BCUT2D eigenvalue weighted by atomic mass is 10.2. The summed E-state index contributed by atoms with van der Waals surface area (Å²) in [5.74, 6) is -1.81. The minimum absolute atomic E-state index is 0.0109. The fraction of sp³-hybridized carbons (Fsp3) is 0.294. The van der Waals surface area contributed by atoms with E-state index in [9.17, 15) is 13.2 Å². The molecule has 1 aliphatic rings. The SMILES string of the molecule is COc1cc(F)ccc1OCc1c(OC2CC2)ccc(F)c1F. The van der Waals surface area contributed by atoms with E-state index >= 15 is 0 Å². The Labute approximate surface area is 131 Å². The van der Waals surface area contributed by atoms with Gasteiger partial charge < -0.3 is 14.2 Å². The molecule has 0 amide bonds. The number of hydrogen-bond donors (Lipinski definition) is 0. The fourth-order valence-electron chi connectivity index (χ4n) is 2.10. The molecule has 0 radical (unpaired) electrons. The molecule has 0 aromatic heterocycles. The summed E-state index contributed by atoms with van der Waals surface area (Å²) in [7, 11) is 1.37. The zero-order valence-corrected chi connectivity index (χ0v) is 12.4. The highest BCUT2D eigenvalue weighted by Gasteiger charge is 2.26. The van der Waals surface area contributed by atoms with Crippen LogP contribution in [0.2, 0.25) is 0 Å². The molecule has 0 bridgehead atoms. The van der Waals surface area contributed by atoms with Crippen LogP contribution in [0.5, 0.6) is 17.2 Å². The molecule has 3 rings (SSSR count). The molecular weight excluding hydrogens is 309 g/mol. The van der Waals surface area contributed by atoms with Gasteiger partial charge in [-0.15, -0.1) is 0 Å². The molecule has 1 saturated carbocycles. The topological polar surface area (TPSA) is 27.7 Å². The number of methoxy groups -OCH3 is 1. The molecule has 0 saturated heterocycles. The maximum absolute atomic E-state index is 14.1. The van der Waals surface area contributed by atoms with E-state index in [0.29, 0.717) is 0 Å². The van der Waals surface area contributed by atoms with Gasteiger partial charge in [0.15, 0.2) is 23.1 Å². The standard InChI is InChI=1S/C17H15F3O3/c1-21-16-8-10(18)2-6-15(16)22-9-12-14(23-11-3-4-11)7-5-13(19)17(12)20/h2,5-8,11H,3-4,9H2,1H3. The van der Waals surface area contributed by atoms with E-state index in [0.717, 1.165) is 25.0 Å². The lowest BCUT2D eigenvalue weighted by Crippen LogP contribution is -2.07. The molecular formula is C17H15F3O3. The van der Waals surface area contributed by atoms with Crippen LogP contribution in [0.4, 0.5) is 13.2 Å². The monoisotopic (exact) mass is 324 g/mol. The largest absolute Gasteiger partial charge is 0.493 e. The molecule has 0 unspecified atom stereocenters. The quantitative estimate of drug-likeness (QED) is 0.796. The molecule has 0 atom stereocenters. The Balaban J connectivity index is 1.83. The molecule has 0 heterocycles. The summed E-state index contributed by atoms with van der Waals surface area (Å²) in [5.41, 5.74) is -0.0109. The molecule has 122 valence electrons. The predicted octanol–water partition coefficient (Wildman–Crippen LogP) is 4.23. The Morgan fingerprint density at radius 3 is 2.43 bits per heavy atom. The van der Waals surface area contributed by atoms with E-state index in [1.54, 1.807) is 0 Å². The van der Waals surface area contributed by atoms with Crippen LogP contribution < -0.4 is 14.2 Å². The Morgan fingerprint density at radius 2 is 1.74 bits per heavy atom. The van der Waals surface area contributed by atoms with Gasteiger partial charge in [-0.3, -0.25) is 0 Å². The van der Waals surface area contributed by atoms with E-state index in [-0.39, 0.29) is 35.5 Å². The van der Waals surface area contributed by atoms with Gasteiger partial charge in [0, 0.05) is 6.07 Å². The number of halogens is 3. The molecule has 0 aliphatic heterocycles. The molecule has 23 heavy (non-hydrogen) atoms. The second kappa shape index (κ2) is 6.40. The van der Waals surface area contributed by atoms with Crippen LogP contribution in [-0.2, 0) is 6.61 Å². The summed E-state index contributed by atoms with van der Waals surface area (Å²) in [6.45, 7) is -0.256. The van der Waals surface area contributed by atoms with E-state index in [4.69, 9.17) is 14.2 Å². The third-order valence-corrected chi connectivity index (χ3v) is 3.47. The van der Waals surface area contributed by atoms with Crippen LogP contribution in [0.25, 0.3) is 0 Å². The molecule has 2 aromatic rings. The Hall–Kier alpha value is -2.37. The maximum atomic E-state index is 14.1. The third-order valence-electron chi connectivity index (χ3n) is 3.47. The van der Waals surface area contributed by atoms with Crippen LogP contribution in [0.1, 0.15) is 18.4 Å². The minimum Gasteiger partial charge on any atom is -0.493 e. The highest BCUT2D eigenvalue weighted by atomic mass is 19.2. The van der Waals surface area contributed by atoms with Crippen LogP contribution in [0.15, 0.2) is 30.3 Å². The summed E-state index contributed by atoms with van der Waals surface area (Å²) in [4.78, 5) is 0. The smallest absolute Gasteiger partial charge is 0.169 e. The zero-order valence-electron chi connectivity index (χ0n) is 12.4. The van der Waals surface area contributed by atoms with Crippen molar-refractivity contribution in [2.75, 3.05) is 7.11 Å². The second-order valence-electron chi connectivity index (χ2n) is 5.24. The van der Waals surface area contributed by atoms with Crippen LogP contribution in [0.3, 0.4) is 0 Å². The van der Waals surface area contributed by atoms with Crippen molar-refractivity contribution in [1.29, 1.82) is 0 Å². The number of hydrogen-bond acceptors (Lipinski definition) is 3. The maximum Gasteiger partial charge on any atom is 0.169 e. The first-order valence-electron chi connectivity index (χ1n) is 7.18. The van der Waals surface area contributed by atoms with Gasteiger partial charge in [0.05, 0.1) is 18.8 Å². The normalized spacial score (nSPS) is 13.7. The molecule has 3 nitrogen and oxygen atoms in total. The summed E-state index contributed by atoms with van der Waals surface area (Å²) in [5, 5.41) is 0. The van der Waals surface area contributed by atoms with Crippen LogP contribution in [0, 0.1) is 17.5 Å². The third kappa shape index (κ3) is 3.52. The van der Waals surface area contributed by atoms with Crippen LogP contribution in [-0.4, -0.2) is 13.2 Å². The minimum atomic E-state index is -1.01. The lowest BCUT2D eigenvalue weighted by molar-refractivity contribution is 0.254. The molecule has 0 N–H and O–H groups in total. The van der Waals surface area contributed by atoms with Crippen molar-refractivity contribution >= 4 is 0 Å². The van der Waals surface area contributed by atoms with Gasteiger partial charge in [-0.05, 0) is 37.1 Å². The van der Waals surface area contributed by atoms with Gasteiger partial charge in [0.25, 0.3) is 0 Å². The average Bonchev–Trinajstić information content (AvgIpc) is 3.35. The van der Waals surface area contributed by atoms with E-state index in [1.807, 2.05) is 0 Å². The van der Waals surface area contributed by atoms with Gasteiger partial charge in [-0.2, -0.15) is 0 Å². The Kier molecular flexibility index (Phi) is 4.32. The second-order valence-corrected chi connectivity index (χ2v) is 5.24. The Morgan fingerprint density at radius 1 is 1.00 bits per heavy atom. The van der Waals surface area contributed by atoms with E-state index in [1.165, 1.54) is 25.3 Å². The van der Waals surface area contributed by atoms with Gasteiger partial charge >= 0.3 is 0 Å². The lowest BCUT2D eigenvalue weighted by Gasteiger charge is -2.15. The van der Waals surface area contributed by atoms with Crippen molar-refractivity contribution in [3.8, 4) is 17.2 Å². The van der Waals surface area contributed by atoms with Gasteiger partial charge in [0.2, 0.25) is 0 Å². The number of benzene rings is 2. The summed E-state index contributed by atoms with van der Waals surface area (Å²) < 4.78 is 56.8. The summed E-state index contributed by atoms with van der Waals surface area (Å²) in [6, 6.07) is 6.12. The number of rotatable bonds is 6. The highest BCUT2D eigenvalue weighted by Crippen LogP contribution is 2.33. The first-order chi connectivity index (χ1) is 11.1. The van der Waals surface area contributed by atoms with Crippen molar-refractivity contribution in [3.63, 3.8) is 0 Å². The average molecular weight is 324 g/mol. The van der Waals surface area contributed by atoms with Crippen LogP contribution >= 0.6 is 0 Å². The Bertz CT molecular complexity index is 714. The van der Waals surface area contributed by atoms with Gasteiger partial charge in [0.1, 0.15) is 18.2 Å². The predicted molar refractivity (Wildman–Crippen MR) is 77.3 cm³/mol. The molecule has 6 heteroatoms. The molecule has 1 aliphatic carbocycles. The van der Waals surface area contributed by atoms with E-state index < -0.39 is 17.5 Å². The first kappa shape index (κ1) is 15.5.